The lowest BCUT2D eigenvalue weighted by molar-refractivity contribution is -0.115. The Kier molecular flexibility index (Phi) is 5.50. The summed E-state index contributed by atoms with van der Waals surface area (Å²) in [5.74, 6) is 0.314. The van der Waals surface area contributed by atoms with Gasteiger partial charge in [0.15, 0.2) is 5.78 Å². The van der Waals surface area contributed by atoms with E-state index in [0.29, 0.717) is 28.0 Å². The summed E-state index contributed by atoms with van der Waals surface area (Å²) in [5.41, 5.74) is 3.10. The smallest absolute Gasteiger partial charge is 0.158 e. The zero-order chi connectivity index (χ0) is 17.1. The first-order valence-corrected chi connectivity index (χ1v) is 8.81. The van der Waals surface area contributed by atoms with Crippen LogP contribution in [0.25, 0.3) is 0 Å². The molecule has 1 aliphatic rings. The number of carbonyl (C=O) groups is 1. The number of carbonyl (C=O) groups excluding carboxylic acids is 1. The first kappa shape index (κ1) is 17.3. The van der Waals surface area contributed by atoms with E-state index in [2.05, 4.69) is 5.32 Å². The van der Waals surface area contributed by atoms with E-state index in [0.717, 1.165) is 23.2 Å². The number of hydrogen-bond donors (Lipinski definition) is 1. The van der Waals surface area contributed by atoms with Gasteiger partial charge < -0.3 is 5.32 Å². The molecule has 2 aromatic carbocycles. The third-order valence-electron chi connectivity index (χ3n) is 4.09. The van der Waals surface area contributed by atoms with Crippen LogP contribution in [0, 0.1) is 0 Å². The van der Waals surface area contributed by atoms with Crippen molar-refractivity contribution in [3.63, 3.8) is 0 Å². The SMILES string of the molecule is O=C1C=C(NCc2ccc(Cl)c(Cl)c2)CC(c2ccc(Cl)cc2)C1. The Morgan fingerprint density at radius 1 is 0.958 bits per heavy atom. The standard InChI is InChI=1S/C19H16Cl3NO/c20-15-4-2-13(3-5-15)14-8-16(10-17(24)9-14)23-11-12-1-6-18(21)19(22)7-12/h1-7,10,14,23H,8-9,11H2. The number of halogens is 3. The molecule has 1 atom stereocenters. The molecule has 0 saturated heterocycles. The number of hydrogen-bond acceptors (Lipinski definition) is 2. The third kappa shape index (κ3) is 4.32. The summed E-state index contributed by atoms with van der Waals surface area (Å²) >= 11 is 17.9. The number of benzene rings is 2. The second kappa shape index (κ2) is 7.60. The molecule has 0 saturated carbocycles. The van der Waals surface area contributed by atoms with Gasteiger partial charge in [-0.2, -0.15) is 0 Å². The van der Waals surface area contributed by atoms with Crippen LogP contribution in [0.2, 0.25) is 15.1 Å². The van der Waals surface area contributed by atoms with Crippen LogP contribution in [0.5, 0.6) is 0 Å². The Morgan fingerprint density at radius 2 is 1.71 bits per heavy atom. The van der Waals surface area contributed by atoms with Gasteiger partial charge in [-0.25, -0.2) is 0 Å². The summed E-state index contributed by atoms with van der Waals surface area (Å²) < 4.78 is 0. The maximum Gasteiger partial charge on any atom is 0.158 e. The van der Waals surface area contributed by atoms with Crippen LogP contribution in [-0.4, -0.2) is 5.78 Å². The molecule has 0 aromatic heterocycles. The molecular formula is C19H16Cl3NO. The number of ketones is 1. The number of nitrogens with one attached hydrogen (secondary N) is 1. The highest BCUT2D eigenvalue weighted by molar-refractivity contribution is 6.42. The predicted molar refractivity (Wildman–Crippen MR) is 99.8 cm³/mol. The minimum atomic E-state index is 0.137. The molecule has 0 heterocycles. The van der Waals surface area contributed by atoms with Crippen molar-refractivity contribution in [2.24, 2.45) is 0 Å². The lowest BCUT2D eigenvalue weighted by Crippen LogP contribution is -2.21. The van der Waals surface area contributed by atoms with E-state index in [9.17, 15) is 4.79 Å². The summed E-state index contributed by atoms with van der Waals surface area (Å²) in [4.78, 5) is 12.1. The van der Waals surface area contributed by atoms with Crippen molar-refractivity contribution < 1.29 is 4.79 Å². The van der Waals surface area contributed by atoms with Crippen molar-refractivity contribution >= 4 is 40.6 Å². The average molecular weight is 381 g/mol. The van der Waals surface area contributed by atoms with Crippen LogP contribution in [0.3, 0.4) is 0 Å². The lowest BCUT2D eigenvalue weighted by atomic mass is 9.85. The van der Waals surface area contributed by atoms with Crippen molar-refractivity contribution in [3.8, 4) is 0 Å². The molecule has 1 N–H and O–H groups in total. The molecule has 3 rings (SSSR count). The average Bonchev–Trinajstić information content (AvgIpc) is 2.56. The molecule has 0 spiro atoms. The van der Waals surface area contributed by atoms with E-state index < -0.39 is 0 Å². The van der Waals surface area contributed by atoms with E-state index in [-0.39, 0.29) is 11.7 Å². The van der Waals surface area contributed by atoms with Gasteiger partial charge in [-0.3, -0.25) is 4.79 Å². The monoisotopic (exact) mass is 379 g/mol. The normalized spacial score (nSPS) is 17.5. The largest absolute Gasteiger partial charge is 0.384 e. The summed E-state index contributed by atoms with van der Waals surface area (Å²) in [6, 6.07) is 13.2. The summed E-state index contributed by atoms with van der Waals surface area (Å²) in [7, 11) is 0. The van der Waals surface area contributed by atoms with Gasteiger partial charge in [-0.05, 0) is 47.7 Å². The zero-order valence-electron chi connectivity index (χ0n) is 12.9. The van der Waals surface area contributed by atoms with Crippen LogP contribution in [0.15, 0.2) is 54.2 Å². The van der Waals surface area contributed by atoms with E-state index in [1.165, 1.54) is 0 Å². The van der Waals surface area contributed by atoms with Gasteiger partial charge in [0.1, 0.15) is 0 Å². The first-order valence-electron chi connectivity index (χ1n) is 7.68. The Balaban J connectivity index is 1.68. The molecule has 0 amide bonds. The molecular weight excluding hydrogens is 365 g/mol. The second-order valence-electron chi connectivity index (χ2n) is 5.89. The zero-order valence-corrected chi connectivity index (χ0v) is 15.1. The molecule has 1 unspecified atom stereocenters. The van der Waals surface area contributed by atoms with Crippen LogP contribution >= 0.6 is 34.8 Å². The van der Waals surface area contributed by atoms with Crippen LogP contribution < -0.4 is 5.32 Å². The Labute approximate surface area is 156 Å². The van der Waals surface area contributed by atoms with E-state index in [1.54, 1.807) is 12.1 Å². The minimum absolute atomic E-state index is 0.137. The first-order chi connectivity index (χ1) is 11.5. The van der Waals surface area contributed by atoms with Crippen LogP contribution in [0.1, 0.15) is 29.9 Å². The number of allylic oxidation sites excluding steroid dienone is 2. The summed E-state index contributed by atoms with van der Waals surface area (Å²) in [6.45, 7) is 0.601. The fraction of sp³-hybridized carbons (Fsp3) is 0.211. The van der Waals surface area contributed by atoms with Gasteiger partial charge >= 0.3 is 0 Å². The maximum absolute atomic E-state index is 12.1. The van der Waals surface area contributed by atoms with Gasteiger partial charge in [0.25, 0.3) is 0 Å². The van der Waals surface area contributed by atoms with E-state index in [4.69, 9.17) is 34.8 Å². The van der Waals surface area contributed by atoms with E-state index in [1.807, 2.05) is 36.4 Å². The molecule has 0 aliphatic heterocycles. The molecule has 0 fully saturated rings. The molecule has 0 bridgehead atoms. The van der Waals surface area contributed by atoms with Gasteiger partial charge in [0, 0.05) is 29.8 Å². The van der Waals surface area contributed by atoms with Crippen molar-refractivity contribution in [3.05, 3.63) is 80.4 Å². The van der Waals surface area contributed by atoms with Crippen molar-refractivity contribution in [2.45, 2.75) is 25.3 Å². The molecule has 5 heteroatoms. The Hall–Kier alpha value is -1.48. The topological polar surface area (TPSA) is 29.1 Å². The number of rotatable bonds is 4. The van der Waals surface area contributed by atoms with E-state index >= 15 is 0 Å². The second-order valence-corrected chi connectivity index (χ2v) is 7.15. The van der Waals surface area contributed by atoms with Crippen LogP contribution in [-0.2, 0) is 11.3 Å². The lowest BCUT2D eigenvalue weighted by Gasteiger charge is -2.23. The third-order valence-corrected chi connectivity index (χ3v) is 5.09. The van der Waals surface area contributed by atoms with Crippen molar-refractivity contribution in [2.75, 3.05) is 0 Å². The quantitative estimate of drug-likeness (QED) is 0.730. The highest BCUT2D eigenvalue weighted by Gasteiger charge is 2.22. The van der Waals surface area contributed by atoms with Crippen LogP contribution in [0.4, 0.5) is 0 Å². The summed E-state index contributed by atoms with van der Waals surface area (Å²) in [5, 5.41) is 5.11. The van der Waals surface area contributed by atoms with Gasteiger partial charge in [-0.15, -0.1) is 0 Å². The molecule has 124 valence electrons. The Bertz CT molecular complexity index is 784. The molecule has 24 heavy (non-hydrogen) atoms. The minimum Gasteiger partial charge on any atom is -0.384 e. The Morgan fingerprint density at radius 3 is 2.42 bits per heavy atom. The van der Waals surface area contributed by atoms with Gasteiger partial charge in [0.2, 0.25) is 0 Å². The molecule has 0 radical (unpaired) electrons. The molecule has 2 nitrogen and oxygen atoms in total. The maximum atomic E-state index is 12.1. The van der Waals surface area contributed by atoms with Gasteiger partial charge in [0.05, 0.1) is 10.0 Å². The van der Waals surface area contributed by atoms with Gasteiger partial charge in [-0.1, -0.05) is 53.0 Å². The fourth-order valence-corrected chi connectivity index (χ4v) is 3.30. The predicted octanol–water partition coefficient (Wildman–Crippen LogP) is 5.77. The van der Waals surface area contributed by atoms with Crippen molar-refractivity contribution in [1.29, 1.82) is 0 Å². The highest BCUT2D eigenvalue weighted by Crippen LogP contribution is 2.31. The summed E-state index contributed by atoms with van der Waals surface area (Å²) in [6.07, 6.45) is 3.03. The fourth-order valence-electron chi connectivity index (χ4n) is 2.85. The van der Waals surface area contributed by atoms with Crippen molar-refractivity contribution in [1.82, 2.24) is 5.32 Å². The molecule has 1 aliphatic carbocycles. The highest BCUT2D eigenvalue weighted by atomic mass is 35.5. The molecule has 2 aromatic rings.